The Bertz CT molecular complexity index is 1570. The lowest BCUT2D eigenvalue weighted by atomic mass is 9.91. The van der Waals surface area contributed by atoms with Crippen molar-refractivity contribution in [3.05, 3.63) is 66.4 Å². The first-order valence-electron chi connectivity index (χ1n) is 12.6. The third-order valence-electron chi connectivity index (χ3n) is 6.71. The number of rotatable bonds is 9. The molecule has 4 aromatic heterocycles. The Hall–Kier alpha value is -4.35. The zero-order chi connectivity index (χ0) is 26.1. The monoisotopic (exact) mass is 511 g/mol. The van der Waals surface area contributed by atoms with E-state index in [9.17, 15) is 0 Å². The molecule has 0 radical (unpaired) electrons. The summed E-state index contributed by atoms with van der Waals surface area (Å²) in [6.45, 7) is 1.81. The molecule has 4 heterocycles. The van der Waals surface area contributed by atoms with E-state index in [1.54, 1.807) is 11.8 Å². The minimum Gasteiger partial charge on any atom is -0.394 e. The standard InChI is InChI=1S/C27H29N9O2/c1-34-26(19-5-3-18(4-6-19)21-16-29-36(17-21)11-13-37)24-22(32-34)8-7-20-15-28-27(31-25(20)24)30-23-9-10-35(33-23)12-14-38-2/h3-6,9-10,15-17,37H,7-8,11-14H2,1-2H3,(H,28,30,31,33). The summed E-state index contributed by atoms with van der Waals surface area (Å²) in [6, 6.07) is 10.3. The highest BCUT2D eigenvalue weighted by Gasteiger charge is 2.27. The maximum Gasteiger partial charge on any atom is 0.228 e. The normalized spacial score (nSPS) is 12.4. The molecule has 0 bridgehead atoms. The number of hydrogen-bond donors (Lipinski definition) is 2. The molecule has 0 unspecified atom stereocenters. The molecule has 6 rings (SSSR count). The highest BCUT2D eigenvalue weighted by molar-refractivity contribution is 5.85. The molecule has 11 nitrogen and oxygen atoms in total. The summed E-state index contributed by atoms with van der Waals surface area (Å²) in [4.78, 5) is 9.48. The lowest BCUT2D eigenvalue weighted by Crippen LogP contribution is -2.09. The number of hydrogen-bond acceptors (Lipinski definition) is 8. The van der Waals surface area contributed by atoms with Crippen LogP contribution in [0.25, 0.3) is 33.6 Å². The fourth-order valence-electron chi connectivity index (χ4n) is 4.86. The quantitative estimate of drug-likeness (QED) is 0.310. The molecule has 1 aromatic carbocycles. The van der Waals surface area contributed by atoms with Gasteiger partial charge in [0, 0.05) is 55.5 Å². The van der Waals surface area contributed by atoms with Crippen LogP contribution in [0.15, 0.2) is 55.1 Å². The van der Waals surface area contributed by atoms with Gasteiger partial charge in [-0.15, -0.1) is 0 Å². The Kier molecular flexibility index (Phi) is 6.44. The summed E-state index contributed by atoms with van der Waals surface area (Å²) in [5.41, 5.74) is 8.26. The predicted octanol–water partition coefficient (Wildman–Crippen LogP) is 3.09. The van der Waals surface area contributed by atoms with Crippen LogP contribution in [0, 0.1) is 0 Å². The average Bonchev–Trinajstić information content (AvgIpc) is 3.66. The summed E-state index contributed by atoms with van der Waals surface area (Å²) < 4.78 is 10.6. The maximum absolute atomic E-state index is 9.16. The Morgan fingerprint density at radius 1 is 0.974 bits per heavy atom. The van der Waals surface area contributed by atoms with Crippen LogP contribution in [-0.4, -0.2) is 64.7 Å². The van der Waals surface area contributed by atoms with Crippen LogP contribution >= 0.6 is 0 Å². The Morgan fingerprint density at radius 3 is 2.63 bits per heavy atom. The van der Waals surface area contributed by atoms with Crippen LogP contribution < -0.4 is 5.32 Å². The molecule has 0 atom stereocenters. The van der Waals surface area contributed by atoms with Gasteiger partial charge < -0.3 is 15.2 Å². The minimum atomic E-state index is 0.0611. The summed E-state index contributed by atoms with van der Waals surface area (Å²) >= 11 is 0. The molecule has 2 N–H and O–H groups in total. The van der Waals surface area contributed by atoms with Crippen molar-refractivity contribution in [1.29, 1.82) is 0 Å². The molecule has 0 saturated heterocycles. The number of methoxy groups -OCH3 is 1. The molecular weight excluding hydrogens is 482 g/mol. The van der Waals surface area contributed by atoms with Crippen molar-refractivity contribution in [2.24, 2.45) is 7.05 Å². The van der Waals surface area contributed by atoms with Crippen molar-refractivity contribution in [2.75, 3.05) is 25.6 Å². The van der Waals surface area contributed by atoms with E-state index >= 15 is 0 Å². The number of benzene rings is 1. The van der Waals surface area contributed by atoms with E-state index in [-0.39, 0.29) is 6.61 Å². The van der Waals surface area contributed by atoms with Gasteiger partial charge in [-0.1, -0.05) is 24.3 Å². The average molecular weight is 512 g/mol. The van der Waals surface area contributed by atoms with E-state index < -0.39 is 0 Å². The first-order valence-corrected chi connectivity index (χ1v) is 12.6. The van der Waals surface area contributed by atoms with E-state index in [4.69, 9.17) is 19.9 Å². The number of aromatic nitrogens is 8. The van der Waals surface area contributed by atoms with Crippen LogP contribution in [0.2, 0.25) is 0 Å². The van der Waals surface area contributed by atoms with E-state index in [0.717, 1.165) is 57.7 Å². The predicted molar refractivity (Wildman–Crippen MR) is 143 cm³/mol. The summed E-state index contributed by atoms with van der Waals surface area (Å²) in [5, 5.41) is 26.1. The number of nitrogens with zero attached hydrogens (tertiary/aromatic N) is 8. The third-order valence-corrected chi connectivity index (χ3v) is 6.71. The molecule has 1 aliphatic carbocycles. The molecular formula is C27H29N9O2. The van der Waals surface area contributed by atoms with Gasteiger partial charge in [-0.2, -0.15) is 15.3 Å². The van der Waals surface area contributed by atoms with Gasteiger partial charge in [-0.25, -0.2) is 9.97 Å². The molecule has 0 spiro atoms. The van der Waals surface area contributed by atoms with Crippen molar-refractivity contribution in [3.8, 4) is 33.6 Å². The largest absolute Gasteiger partial charge is 0.394 e. The van der Waals surface area contributed by atoms with Crippen molar-refractivity contribution in [2.45, 2.75) is 25.9 Å². The minimum absolute atomic E-state index is 0.0611. The molecule has 5 aromatic rings. The number of aliphatic hydroxyl groups excluding tert-OH is 1. The van der Waals surface area contributed by atoms with Crippen LogP contribution in [0.3, 0.4) is 0 Å². The number of aliphatic hydroxyl groups is 1. The van der Waals surface area contributed by atoms with Crippen molar-refractivity contribution in [3.63, 3.8) is 0 Å². The number of aryl methyl sites for hydroxylation is 3. The Labute approximate surface area is 219 Å². The molecule has 0 saturated carbocycles. The van der Waals surface area contributed by atoms with Gasteiger partial charge in [0.15, 0.2) is 5.82 Å². The van der Waals surface area contributed by atoms with Gasteiger partial charge in [0.05, 0.1) is 49.6 Å². The van der Waals surface area contributed by atoms with Crippen molar-refractivity contribution in [1.82, 2.24) is 39.3 Å². The number of fused-ring (bicyclic) bond motifs is 3. The van der Waals surface area contributed by atoms with E-state index in [0.29, 0.717) is 31.5 Å². The fourth-order valence-corrected chi connectivity index (χ4v) is 4.86. The van der Waals surface area contributed by atoms with Gasteiger partial charge >= 0.3 is 0 Å². The zero-order valence-corrected chi connectivity index (χ0v) is 21.4. The van der Waals surface area contributed by atoms with Crippen LogP contribution in [0.5, 0.6) is 0 Å². The topological polar surface area (TPSA) is 121 Å². The molecule has 38 heavy (non-hydrogen) atoms. The molecule has 0 fully saturated rings. The second-order valence-electron chi connectivity index (χ2n) is 9.24. The summed E-state index contributed by atoms with van der Waals surface area (Å²) in [7, 11) is 3.65. The highest BCUT2D eigenvalue weighted by Crippen LogP contribution is 2.40. The van der Waals surface area contributed by atoms with E-state index in [1.807, 2.05) is 47.3 Å². The molecule has 1 aliphatic rings. The number of anilines is 2. The smallest absolute Gasteiger partial charge is 0.228 e. The molecule has 11 heteroatoms. The van der Waals surface area contributed by atoms with Gasteiger partial charge in [0.25, 0.3) is 0 Å². The first-order chi connectivity index (χ1) is 18.6. The van der Waals surface area contributed by atoms with E-state index in [2.05, 4.69) is 44.8 Å². The number of nitrogens with one attached hydrogen (secondary N) is 1. The summed E-state index contributed by atoms with van der Waals surface area (Å²) in [6.07, 6.45) is 9.26. The van der Waals surface area contributed by atoms with Crippen molar-refractivity contribution < 1.29 is 9.84 Å². The second kappa shape index (κ2) is 10.2. The third kappa shape index (κ3) is 4.57. The van der Waals surface area contributed by atoms with Crippen molar-refractivity contribution >= 4 is 11.8 Å². The summed E-state index contributed by atoms with van der Waals surface area (Å²) in [5.74, 6) is 1.18. The van der Waals surface area contributed by atoms with Crippen LogP contribution in [0.1, 0.15) is 11.3 Å². The Morgan fingerprint density at radius 2 is 1.82 bits per heavy atom. The van der Waals surface area contributed by atoms with Crippen LogP contribution in [0.4, 0.5) is 11.8 Å². The maximum atomic E-state index is 9.16. The van der Waals surface area contributed by atoms with E-state index in [1.165, 1.54) is 0 Å². The van der Waals surface area contributed by atoms with Gasteiger partial charge in [-0.3, -0.25) is 14.0 Å². The van der Waals surface area contributed by atoms with Gasteiger partial charge in [0.1, 0.15) is 0 Å². The highest BCUT2D eigenvalue weighted by atomic mass is 16.5. The lowest BCUT2D eigenvalue weighted by Gasteiger charge is -2.17. The van der Waals surface area contributed by atoms with Gasteiger partial charge in [0.2, 0.25) is 5.95 Å². The SMILES string of the molecule is COCCn1ccc(Nc2ncc3c(n2)-c2c(nn(C)c2-c2ccc(-c4cnn(CCO)c4)cc2)CC3)n1. The van der Waals surface area contributed by atoms with Gasteiger partial charge in [-0.05, 0) is 24.0 Å². The molecule has 0 aliphatic heterocycles. The molecule has 194 valence electrons. The zero-order valence-electron chi connectivity index (χ0n) is 21.4. The Balaban J connectivity index is 1.31. The lowest BCUT2D eigenvalue weighted by molar-refractivity contribution is 0.183. The second-order valence-corrected chi connectivity index (χ2v) is 9.24. The van der Waals surface area contributed by atoms with Crippen LogP contribution in [-0.2, 0) is 37.7 Å². The number of ether oxygens (including phenoxy) is 1. The fraction of sp³-hybridized carbons (Fsp3) is 0.296. The first kappa shape index (κ1) is 24.0. The molecule has 0 amide bonds.